The van der Waals surface area contributed by atoms with E-state index in [9.17, 15) is 14.3 Å². The fourth-order valence-electron chi connectivity index (χ4n) is 3.45. The van der Waals surface area contributed by atoms with Crippen LogP contribution in [0.25, 0.3) is 6.08 Å². The number of piperazine rings is 1. The molecule has 0 atom stereocenters. The average molecular weight is 420 g/mol. The first kappa shape index (κ1) is 21.1. The average Bonchev–Trinajstić information content (AvgIpc) is 2.74. The minimum Gasteiger partial charge on any atom is -0.503 e. The number of halogens is 2. The third-order valence-electron chi connectivity index (χ3n) is 5.24. The maximum Gasteiger partial charge on any atom is 0.185 e. The van der Waals surface area contributed by atoms with Crippen LogP contribution in [0.3, 0.4) is 0 Å². The number of hydrogen-bond donors (Lipinski definition) is 2. The number of quaternary nitrogens is 1. The maximum absolute atomic E-state index is 14.6. The molecule has 5 nitrogen and oxygen atoms in total. The van der Waals surface area contributed by atoms with Gasteiger partial charge in [0.05, 0.1) is 50.5 Å². The number of hydrogen-bond acceptors (Lipinski definition) is 4. The molecule has 0 aliphatic carbocycles. The number of ketones is 1. The topological polar surface area (TPSA) is 54.2 Å². The first-order valence-corrected chi connectivity index (χ1v) is 9.97. The molecule has 2 N–H and O–H groups in total. The minimum absolute atomic E-state index is 0.122. The van der Waals surface area contributed by atoms with Gasteiger partial charge in [0.2, 0.25) is 0 Å². The summed E-state index contributed by atoms with van der Waals surface area (Å²) in [6.45, 7) is 6.80. The number of carbonyl (C=O) groups excluding carboxylic acids is 1. The van der Waals surface area contributed by atoms with E-state index < -0.39 is 5.82 Å². The van der Waals surface area contributed by atoms with E-state index in [0.29, 0.717) is 11.3 Å². The maximum atomic E-state index is 14.6. The molecule has 154 valence electrons. The van der Waals surface area contributed by atoms with Crippen LogP contribution in [0.4, 0.5) is 10.1 Å². The van der Waals surface area contributed by atoms with E-state index in [1.165, 1.54) is 30.2 Å². The molecule has 1 fully saturated rings. The van der Waals surface area contributed by atoms with Crippen molar-refractivity contribution in [3.05, 3.63) is 58.4 Å². The number of ether oxygens (including phenoxy) is 1. The zero-order chi connectivity index (χ0) is 21.0. The van der Waals surface area contributed by atoms with Crippen LogP contribution in [0.15, 0.2) is 36.4 Å². The number of benzene rings is 2. The molecular weight excluding hydrogens is 395 g/mol. The van der Waals surface area contributed by atoms with Crippen LogP contribution in [0.5, 0.6) is 11.5 Å². The Labute approximate surface area is 175 Å². The highest BCUT2D eigenvalue weighted by atomic mass is 35.5. The summed E-state index contributed by atoms with van der Waals surface area (Å²) in [5, 5.41) is 9.90. The third-order valence-corrected chi connectivity index (χ3v) is 5.53. The summed E-state index contributed by atoms with van der Waals surface area (Å²) >= 11 is 5.96. The summed E-state index contributed by atoms with van der Waals surface area (Å²) in [7, 11) is 1.41. The Hall–Kier alpha value is -2.57. The van der Waals surface area contributed by atoms with Crippen molar-refractivity contribution in [1.82, 2.24) is 0 Å². The molecule has 0 bridgehead atoms. The Balaban J connectivity index is 1.73. The lowest BCUT2D eigenvalue weighted by atomic mass is 10.1. The molecule has 0 unspecified atom stereocenters. The molecule has 2 aromatic carbocycles. The molecule has 0 radical (unpaired) electrons. The summed E-state index contributed by atoms with van der Waals surface area (Å²) in [4.78, 5) is 16.0. The van der Waals surface area contributed by atoms with Gasteiger partial charge in [-0.2, -0.15) is 0 Å². The largest absolute Gasteiger partial charge is 0.503 e. The SMILES string of the molecule is CC[NH+]1CCN(c2ccc(C(=O)/C=C/c3cc(Cl)c(O)c(OC)c3)cc2F)CC1. The Morgan fingerprint density at radius 3 is 2.66 bits per heavy atom. The Morgan fingerprint density at radius 2 is 2.03 bits per heavy atom. The zero-order valence-corrected chi connectivity index (χ0v) is 17.3. The number of anilines is 1. The van der Waals surface area contributed by atoms with Gasteiger partial charge in [-0.15, -0.1) is 0 Å². The number of nitrogens with one attached hydrogen (secondary N) is 1. The Bertz CT molecular complexity index is 925. The lowest BCUT2D eigenvalue weighted by molar-refractivity contribution is -0.898. The molecule has 0 aromatic heterocycles. The number of likely N-dealkylation sites (N-methyl/N-ethyl adjacent to an activating group) is 1. The van der Waals surface area contributed by atoms with Gasteiger partial charge in [0.15, 0.2) is 17.3 Å². The second kappa shape index (κ2) is 9.29. The lowest BCUT2D eigenvalue weighted by Crippen LogP contribution is -3.14. The van der Waals surface area contributed by atoms with E-state index in [-0.39, 0.29) is 27.9 Å². The van der Waals surface area contributed by atoms with Crippen LogP contribution >= 0.6 is 11.6 Å². The van der Waals surface area contributed by atoms with Crippen LogP contribution in [-0.2, 0) is 0 Å². The van der Waals surface area contributed by atoms with E-state index >= 15 is 0 Å². The van der Waals surface area contributed by atoms with Crippen LogP contribution < -0.4 is 14.5 Å². The van der Waals surface area contributed by atoms with Crippen molar-refractivity contribution in [3.63, 3.8) is 0 Å². The van der Waals surface area contributed by atoms with E-state index in [2.05, 4.69) is 6.92 Å². The molecule has 7 heteroatoms. The van der Waals surface area contributed by atoms with Crippen LogP contribution in [-0.4, -0.2) is 50.7 Å². The molecule has 0 spiro atoms. The molecule has 3 rings (SSSR count). The second-order valence-corrected chi connectivity index (χ2v) is 7.42. The predicted molar refractivity (Wildman–Crippen MR) is 113 cm³/mol. The van der Waals surface area contributed by atoms with E-state index in [1.807, 2.05) is 4.90 Å². The molecule has 0 amide bonds. The number of allylic oxidation sites excluding steroid dienone is 1. The first-order valence-electron chi connectivity index (χ1n) is 9.60. The van der Waals surface area contributed by atoms with E-state index in [1.54, 1.807) is 24.3 Å². The molecule has 1 heterocycles. The van der Waals surface area contributed by atoms with Gasteiger partial charge in [-0.1, -0.05) is 17.7 Å². The normalized spacial score (nSPS) is 15.1. The van der Waals surface area contributed by atoms with Gasteiger partial charge in [-0.05, 0) is 48.9 Å². The van der Waals surface area contributed by atoms with Crippen molar-refractivity contribution in [2.45, 2.75) is 6.92 Å². The van der Waals surface area contributed by atoms with Crippen LogP contribution in [0.2, 0.25) is 5.02 Å². The molecule has 0 saturated carbocycles. The Morgan fingerprint density at radius 1 is 1.31 bits per heavy atom. The second-order valence-electron chi connectivity index (χ2n) is 7.01. The molecule has 29 heavy (non-hydrogen) atoms. The van der Waals surface area contributed by atoms with Crippen LogP contribution in [0, 0.1) is 5.82 Å². The third kappa shape index (κ3) is 4.89. The summed E-state index contributed by atoms with van der Waals surface area (Å²) < 4.78 is 19.7. The summed E-state index contributed by atoms with van der Waals surface area (Å²) in [6, 6.07) is 7.69. The number of aromatic hydroxyl groups is 1. The number of methoxy groups -OCH3 is 1. The van der Waals surface area contributed by atoms with Gasteiger partial charge in [-0.3, -0.25) is 4.79 Å². The van der Waals surface area contributed by atoms with Crippen molar-refractivity contribution in [2.24, 2.45) is 0 Å². The van der Waals surface area contributed by atoms with Crippen molar-refractivity contribution < 1.29 is 23.9 Å². The van der Waals surface area contributed by atoms with Crippen molar-refractivity contribution in [1.29, 1.82) is 0 Å². The van der Waals surface area contributed by atoms with E-state index in [4.69, 9.17) is 16.3 Å². The van der Waals surface area contributed by atoms with Gasteiger partial charge in [-0.25, -0.2) is 4.39 Å². The van der Waals surface area contributed by atoms with Gasteiger partial charge in [0, 0.05) is 5.56 Å². The van der Waals surface area contributed by atoms with Crippen LogP contribution in [0.1, 0.15) is 22.8 Å². The lowest BCUT2D eigenvalue weighted by Gasteiger charge is -2.33. The quantitative estimate of drug-likeness (QED) is 0.558. The zero-order valence-electron chi connectivity index (χ0n) is 16.5. The first-order chi connectivity index (χ1) is 13.9. The fraction of sp³-hybridized carbons (Fsp3) is 0.318. The molecular formula is C22H25ClFN2O3+. The minimum atomic E-state index is -0.390. The molecule has 1 saturated heterocycles. The van der Waals surface area contributed by atoms with Gasteiger partial charge >= 0.3 is 0 Å². The fourth-order valence-corrected chi connectivity index (χ4v) is 3.67. The summed E-state index contributed by atoms with van der Waals surface area (Å²) in [6.07, 6.45) is 2.90. The highest BCUT2D eigenvalue weighted by Gasteiger charge is 2.21. The molecule has 1 aliphatic heterocycles. The number of nitrogens with zero attached hydrogens (tertiary/aromatic N) is 1. The summed E-state index contributed by atoms with van der Waals surface area (Å²) in [5.41, 5.74) is 1.40. The standard InChI is InChI=1S/C22H24ClFN2O3/c1-3-25-8-10-26(11-9-25)19-6-5-16(14-18(19)24)20(27)7-4-15-12-17(23)22(28)21(13-15)29-2/h4-7,12-14,28H,3,8-11H2,1-2H3/p+1/b7-4+. The highest BCUT2D eigenvalue weighted by molar-refractivity contribution is 6.32. The number of rotatable bonds is 6. The predicted octanol–water partition coefficient (Wildman–Crippen LogP) is 2.81. The number of phenolic OH excluding ortho intramolecular Hbond substituents is 1. The highest BCUT2D eigenvalue weighted by Crippen LogP contribution is 2.35. The summed E-state index contributed by atoms with van der Waals surface area (Å²) in [5.74, 6) is -0.654. The van der Waals surface area contributed by atoms with Crippen molar-refractivity contribution >= 4 is 29.1 Å². The van der Waals surface area contributed by atoms with Gasteiger partial charge in [0.25, 0.3) is 0 Å². The number of phenols is 1. The van der Waals surface area contributed by atoms with Gasteiger partial charge < -0.3 is 19.6 Å². The smallest absolute Gasteiger partial charge is 0.185 e. The number of carbonyl (C=O) groups is 1. The van der Waals surface area contributed by atoms with Crippen molar-refractivity contribution in [2.75, 3.05) is 44.7 Å². The van der Waals surface area contributed by atoms with Crippen molar-refractivity contribution in [3.8, 4) is 11.5 Å². The molecule has 2 aromatic rings. The Kier molecular flexibility index (Phi) is 6.77. The van der Waals surface area contributed by atoms with Gasteiger partial charge in [0.1, 0.15) is 5.82 Å². The monoisotopic (exact) mass is 419 g/mol. The van der Waals surface area contributed by atoms with E-state index in [0.717, 1.165) is 32.7 Å². The molecule has 1 aliphatic rings.